The summed E-state index contributed by atoms with van der Waals surface area (Å²) in [6, 6.07) is 21.9. The molecule has 4 rings (SSSR count). The van der Waals surface area contributed by atoms with Crippen molar-refractivity contribution >= 4 is 16.7 Å². The SMILES string of the molecule is CCCCc1ccccc1-c1c2ccc(=NCC)cc-2oc2cc(N(CC)CC)ccc12. The van der Waals surface area contributed by atoms with Crippen molar-refractivity contribution in [3.05, 3.63) is 71.6 Å². The van der Waals surface area contributed by atoms with E-state index in [1.165, 1.54) is 35.2 Å². The highest BCUT2D eigenvalue weighted by Crippen LogP contribution is 2.42. The maximum absolute atomic E-state index is 6.51. The number of hydrogen-bond acceptors (Lipinski definition) is 3. The molecule has 3 nitrogen and oxygen atoms in total. The molecule has 0 unspecified atom stereocenters. The zero-order valence-electron chi connectivity index (χ0n) is 19.8. The maximum atomic E-state index is 6.51. The second-order valence-electron chi connectivity index (χ2n) is 8.25. The molecule has 1 heterocycles. The number of unbranched alkanes of at least 4 members (excludes halogenated alkanes) is 1. The van der Waals surface area contributed by atoms with Crippen LogP contribution in [0.5, 0.6) is 0 Å². The maximum Gasteiger partial charge on any atom is 0.137 e. The Kier molecular flexibility index (Phi) is 6.94. The van der Waals surface area contributed by atoms with Gasteiger partial charge in [-0.1, -0.05) is 37.6 Å². The molecule has 2 aliphatic rings. The predicted octanol–water partition coefficient (Wildman–Crippen LogP) is 7.31. The van der Waals surface area contributed by atoms with Crippen LogP contribution in [0.1, 0.15) is 46.1 Å². The molecule has 0 spiro atoms. The number of aryl methyl sites for hydroxylation is 1. The molecule has 0 amide bonds. The molecule has 0 aromatic heterocycles. The fourth-order valence-electron chi connectivity index (χ4n) is 4.57. The van der Waals surface area contributed by atoms with Crippen LogP contribution in [-0.2, 0) is 6.42 Å². The summed E-state index contributed by atoms with van der Waals surface area (Å²) in [5.41, 5.74) is 7.25. The minimum Gasteiger partial charge on any atom is -0.456 e. The summed E-state index contributed by atoms with van der Waals surface area (Å²) in [5, 5.41) is 2.13. The van der Waals surface area contributed by atoms with E-state index >= 15 is 0 Å². The Morgan fingerprint density at radius 3 is 2.41 bits per heavy atom. The van der Waals surface area contributed by atoms with Crippen molar-refractivity contribution < 1.29 is 4.42 Å². The van der Waals surface area contributed by atoms with Gasteiger partial charge in [0.25, 0.3) is 0 Å². The third-order valence-electron chi connectivity index (χ3n) is 6.24. The van der Waals surface area contributed by atoms with Gasteiger partial charge >= 0.3 is 0 Å². The quantitative estimate of drug-likeness (QED) is 0.276. The molecule has 0 saturated carbocycles. The van der Waals surface area contributed by atoms with Crippen molar-refractivity contribution in [2.75, 3.05) is 24.5 Å². The number of hydrogen-bond donors (Lipinski definition) is 0. The standard InChI is InChI=1S/C29H34N2O/c1-5-9-12-21-13-10-11-14-24(21)29-25-17-15-22(30-6-2)19-27(25)32-28-20-23(16-18-26(28)29)31(7-3)8-4/h10-11,13-20H,5-9,12H2,1-4H3. The summed E-state index contributed by atoms with van der Waals surface area (Å²) in [6.07, 6.45) is 3.47. The van der Waals surface area contributed by atoms with E-state index in [0.717, 1.165) is 53.7 Å². The Balaban J connectivity index is 2.04. The summed E-state index contributed by atoms with van der Waals surface area (Å²) < 4.78 is 6.51. The number of anilines is 1. The summed E-state index contributed by atoms with van der Waals surface area (Å²) in [7, 11) is 0. The fourth-order valence-corrected chi connectivity index (χ4v) is 4.57. The molecular formula is C29H34N2O. The normalized spacial score (nSPS) is 12.1. The number of rotatable bonds is 8. The summed E-state index contributed by atoms with van der Waals surface area (Å²) in [6.45, 7) is 11.4. The first-order valence-corrected chi connectivity index (χ1v) is 12.0. The predicted molar refractivity (Wildman–Crippen MR) is 137 cm³/mol. The van der Waals surface area contributed by atoms with Gasteiger partial charge in [0, 0.05) is 54.0 Å². The van der Waals surface area contributed by atoms with E-state index < -0.39 is 0 Å². The van der Waals surface area contributed by atoms with Crippen molar-refractivity contribution in [1.82, 2.24) is 0 Å². The Hall–Kier alpha value is -3.07. The monoisotopic (exact) mass is 426 g/mol. The van der Waals surface area contributed by atoms with Gasteiger partial charge in [-0.15, -0.1) is 0 Å². The number of nitrogens with zero attached hydrogens (tertiary/aromatic N) is 2. The van der Waals surface area contributed by atoms with Crippen LogP contribution in [0.15, 0.2) is 70.1 Å². The van der Waals surface area contributed by atoms with Crippen LogP contribution in [0.25, 0.3) is 33.4 Å². The molecule has 0 bridgehead atoms. The van der Waals surface area contributed by atoms with Crippen LogP contribution >= 0.6 is 0 Å². The highest BCUT2D eigenvalue weighted by atomic mass is 16.3. The summed E-state index contributed by atoms with van der Waals surface area (Å²) in [5.74, 6) is 0.893. The molecule has 0 fully saturated rings. The smallest absolute Gasteiger partial charge is 0.137 e. The van der Waals surface area contributed by atoms with Gasteiger partial charge in [-0.3, -0.25) is 4.99 Å². The Labute approximate surface area is 191 Å². The first-order valence-electron chi connectivity index (χ1n) is 12.0. The lowest BCUT2D eigenvalue weighted by Crippen LogP contribution is -2.21. The molecule has 1 aliphatic carbocycles. The van der Waals surface area contributed by atoms with Crippen LogP contribution in [-0.4, -0.2) is 19.6 Å². The second kappa shape index (κ2) is 10.0. The Bertz CT molecular complexity index is 1230. The molecule has 32 heavy (non-hydrogen) atoms. The van der Waals surface area contributed by atoms with Crippen LogP contribution in [0.4, 0.5) is 5.69 Å². The Morgan fingerprint density at radius 1 is 0.844 bits per heavy atom. The number of benzene rings is 3. The largest absolute Gasteiger partial charge is 0.456 e. The summed E-state index contributed by atoms with van der Waals surface area (Å²) in [4.78, 5) is 6.96. The lowest BCUT2D eigenvalue weighted by Gasteiger charge is -2.23. The highest BCUT2D eigenvalue weighted by molar-refractivity contribution is 6.03. The molecular weight excluding hydrogens is 392 g/mol. The molecule has 2 aromatic rings. The van der Waals surface area contributed by atoms with Gasteiger partial charge in [0.05, 0.1) is 5.36 Å². The van der Waals surface area contributed by atoms with E-state index in [2.05, 4.69) is 98.3 Å². The average molecular weight is 427 g/mol. The van der Waals surface area contributed by atoms with Crippen molar-refractivity contribution in [2.45, 2.75) is 47.0 Å². The molecule has 166 valence electrons. The van der Waals surface area contributed by atoms with Gasteiger partial charge < -0.3 is 9.32 Å². The topological polar surface area (TPSA) is 28.7 Å². The first kappa shape index (κ1) is 22.1. The van der Waals surface area contributed by atoms with E-state index in [-0.39, 0.29) is 0 Å². The van der Waals surface area contributed by atoms with E-state index in [9.17, 15) is 0 Å². The van der Waals surface area contributed by atoms with Crippen LogP contribution < -0.4 is 10.3 Å². The van der Waals surface area contributed by atoms with Crippen molar-refractivity contribution in [3.8, 4) is 22.5 Å². The van der Waals surface area contributed by atoms with Gasteiger partial charge in [0.2, 0.25) is 0 Å². The molecule has 3 heteroatoms. The second-order valence-corrected chi connectivity index (χ2v) is 8.25. The molecule has 0 saturated heterocycles. The van der Waals surface area contributed by atoms with Crippen LogP contribution in [0, 0.1) is 0 Å². The molecule has 2 aromatic carbocycles. The fraction of sp³-hybridized carbons (Fsp3) is 0.345. The van der Waals surface area contributed by atoms with Crippen molar-refractivity contribution in [2.24, 2.45) is 4.99 Å². The van der Waals surface area contributed by atoms with E-state index in [0.29, 0.717) is 0 Å². The molecule has 0 radical (unpaired) electrons. The van der Waals surface area contributed by atoms with Gasteiger partial charge in [0.15, 0.2) is 0 Å². The van der Waals surface area contributed by atoms with Crippen molar-refractivity contribution in [3.63, 3.8) is 0 Å². The average Bonchev–Trinajstić information content (AvgIpc) is 2.82. The van der Waals surface area contributed by atoms with E-state index in [1.54, 1.807) is 0 Å². The number of fused-ring (bicyclic) bond motifs is 2. The summed E-state index contributed by atoms with van der Waals surface area (Å²) >= 11 is 0. The van der Waals surface area contributed by atoms with E-state index in [4.69, 9.17) is 4.42 Å². The lowest BCUT2D eigenvalue weighted by atomic mass is 9.89. The minimum atomic E-state index is 0.762. The third-order valence-corrected chi connectivity index (χ3v) is 6.24. The molecule has 1 aliphatic heterocycles. The third kappa shape index (κ3) is 4.29. The van der Waals surface area contributed by atoms with Crippen molar-refractivity contribution in [1.29, 1.82) is 0 Å². The minimum absolute atomic E-state index is 0.762. The lowest BCUT2D eigenvalue weighted by molar-refractivity contribution is 0.618. The zero-order chi connectivity index (χ0) is 22.5. The Morgan fingerprint density at radius 2 is 1.66 bits per heavy atom. The zero-order valence-corrected chi connectivity index (χ0v) is 19.8. The molecule has 0 atom stereocenters. The van der Waals surface area contributed by atoms with Gasteiger partial charge in [-0.05, 0) is 69.0 Å². The van der Waals surface area contributed by atoms with Gasteiger partial charge in [-0.2, -0.15) is 0 Å². The highest BCUT2D eigenvalue weighted by Gasteiger charge is 2.19. The van der Waals surface area contributed by atoms with E-state index in [1.807, 2.05) is 0 Å². The van der Waals surface area contributed by atoms with Crippen LogP contribution in [0.2, 0.25) is 0 Å². The van der Waals surface area contributed by atoms with Crippen LogP contribution in [0.3, 0.4) is 0 Å². The molecule has 0 N–H and O–H groups in total. The van der Waals surface area contributed by atoms with Gasteiger partial charge in [0.1, 0.15) is 11.3 Å². The first-order chi connectivity index (χ1) is 15.7. The van der Waals surface area contributed by atoms with Gasteiger partial charge in [-0.25, -0.2) is 0 Å².